The second-order valence-electron chi connectivity index (χ2n) is 8.06. The minimum Gasteiger partial charge on any atom is -0.379 e. The van der Waals surface area contributed by atoms with Crippen LogP contribution in [0.2, 0.25) is 0 Å². The minimum absolute atomic E-state index is 0.278. The highest BCUT2D eigenvalue weighted by Gasteiger charge is 2.10. The highest BCUT2D eigenvalue weighted by molar-refractivity contribution is 5.38. The summed E-state index contributed by atoms with van der Waals surface area (Å²) in [6.45, 7) is 22.3. The van der Waals surface area contributed by atoms with Crippen molar-refractivity contribution in [2.75, 3.05) is 0 Å². The Hall–Kier alpha value is -1.50. The second kappa shape index (κ2) is 14.5. The van der Waals surface area contributed by atoms with Gasteiger partial charge in [0.1, 0.15) is 0 Å². The highest BCUT2D eigenvalue weighted by atomic mass is 14.9. The average Bonchev–Trinajstić information content (AvgIpc) is 2.62. The lowest BCUT2D eigenvalue weighted by atomic mass is 9.94. The fourth-order valence-corrected chi connectivity index (χ4v) is 2.86. The van der Waals surface area contributed by atoms with Gasteiger partial charge in [-0.05, 0) is 68.6 Å². The summed E-state index contributed by atoms with van der Waals surface area (Å²) in [6, 6.07) is 0.278. The van der Waals surface area contributed by atoms with Crippen molar-refractivity contribution in [1.29, 1.82) is 0 Å². The van der Waals surface area contributed by atoms with E-state index in [9.17, 15) is 0 Å². The smallest absolute Gasteiger partial charge is 0.0419 e. The first-order valence-corrected chi connectivity index (χ1v) is 11.0. The van der Waals surface area contributed by atoms with E-state index in [1.165, 1.54) is 35.3 Å². The zero-order valence-corrected chi connectivity index (χ0v) is 19.4. The summed E-state index contributed by atoms with van der Waals surface area (Å²) in [5, 5.41) is 3.74. The van der Waals surface area contributed by atoms with Gasteiger partial charge in [-0.25, -0.2) is 0 Å². The maximum absolute atomic E-state index is 4.39. The van der Waals surface area contributed by atoms with Crippen LogP contribution in [-0.2, 0) is 0 Å². The molecule has 0 heterocycles. The van der Waals surface area contributed by atoms with Crippen LogP contribution < -0.4 is 5.32 Å². The van der Waals surface area contributed by atoms with E-state index in [-0.39, 0.29) is 6.04 Å². The Morgan fingerprint density at radius 1 is 1.00 bits per heavy atom. The molecule has 1 nitrogen and oxygen atoms in total. The fourth-order valence-electron chi connectivity index (χ4n) is 2.86. The highest BCUT2D eigenvalue weighted by Crippen LogP contribution is 2.23. The van der Waals surface area contributed by atoms with Gasteiger partial charge in [0.05, 0.1) is 0 Å². The van der Waals surface area contributed by atoms with Crippen molar-refractivity contribution in [3.63, 3.8) is 0 Å². The van der Waals surface area contributed by atoms with Crippen LogP contribution in [-0.4, -0.2) is 6.04 Å². The van der Waals surface area contributed by atoms with Gasteiger partial charge >= 0.3 is 0 Å². The molecule has 27 heavy (non-hydrogen) atoms. The molecule has 0 radical (unpaired) electrons. The van der Waals surface area contributed by atoms with Crippen molar-refractivity contribution >= 4 is 0 Å². The Labute approximate surface area is 170 Å². The monoisotopic (exact) mass is 371 g/mol. The SMILES string of the molecule is C=C(CCCC)/C(CC)=C(/C=C\C(C)C(C)C)NC(C)/C=C\C(C)=C/CC. The third kappa shape index (κ3) is 11.1. The second-order valence-corrected chi connectivity index (χ2v) is 8.06. The first-order chi connectivity index (χ1) is 12.8. The molecule has 1 heteroatoms. The zero-order chi connectivity index (χ0) is 20.8. The van der Waals surface area contributed by atoms with Crippen LogP contribution >= 0.6 is 0 Å². The molecule has 0 aromatic heterocycles. The van der Waals surface area contributed by atoms with Gasteiger partial charge < -0.3 is 5.32 Å². The number of hydrogen-bond acceptors (Lipinski definition) is 1. The lowest BCUT2D eigenvalue weighted by Gasteiger charge is -2.20. The van der Waals surface area contributed by atoms with E-state index in [4.69, 9.17) is 0 Å². The molecule has 0 aromatic carbocycles. The number of nitrogens with one attached hydrogen (secondary N) is 1. The summed E-state index contributed by atoms with van der Waals surface area (Å²) < 4.78 is 0. The van der Waals surface area contributed by atoms with E-state index in [0.29, 0.717) is 11.8 Å². The van der Waals surface area contributed by atoms with Crippen LogP contribution in [0.15, 0.2) is 59.4 Å². The maximum Gasteiger partial charge on any atom is 0.0419 e. The van der Waals surface area contributed by atoms with E-state index >= 15 is 0 Å². The van der Waals surface area contributed by atoms with Gasteiger partial charge in [0, 0.05) is 11.7 Å². The van der Waals surface area contributed by atoms with Crippen LogP contribution in [0.3, 0.4) is 0 Å². The van der Waals surface area contributed by atoms with Crippen LogP contribution in [0, 0.1) is 11.8 Å². The molecule has 0 saturated heterocycles. The number of rotatable bonds is 13. The van der Waals surface area contributed by atoms with Crippen molar-refractivity contribution in [2.45, 2.75) is 93.5 Å². The molecule has 2 atom stereocenters. The minimum atomic E-state index is 0.278. The number of allylic oxidation sites excluding steroid dienone is 7. The van der Waals surface area contributed by atoms with Gasteiger partial charge in [-0.2, -0.15) is 0 Å². The van der Waals surface area contributed by atoms with Gasteiger partial charge in [0.2, 0.25) is 0 Å². The van der Waals surface area contributed by atoms with Gasteiger partial charge in [0.15, 0.2) is 0 Å². The Kier molecular flexibility index (Phi) is 13.7. The average molecular weight is 372 g/mol. The lowest BCUT2D eigenvalue weighted by Crippen LogP contribution is -2.24. The van der Waals surface area contributed by atoms with E-state index < -0.39 is 0 Å². The van der Waals surface area contributed by atoms with Crippen LogP contribution in [0.5, 0.6) is 0 Å². The Balaban J connectivity index is 5.59. The predicted octanol–water partition coefficient (Wildman–Crippen LogP) is 8.14. The van der Waals surface area contributed by atoms with Gasteiger partial charge in [-0.1, -0.05) is 84.4 Å². The van der Waals surface area contributed by atoms with Crippen molar-refractivity contribution in [3.8, 4) is 0 Å². The van der Waals surface area contributed by atoms with Gasteiger partial charge in [0.25, 0.3) is 0 Å². The molecule has 0 fully saturated rings. The Morgan fingerprint density at radius 3 is 2.19 bits per heavy atom. The molecule has 0 amide bonds. The summed E-state index contributed by atoms with van der Waals surface area (Å²) in [6.07, 6.45) is 17.0. The van der Waals surface area contributed by atoms with E-state index in [1.807, 2.05) is 0 Å². The number of unbranched alkanes of at least 4 members (excludes halogenated alkanes) is 1. The van der Waals surface area contributed by atoms with Crippen LogP contribution in [0.1, 0.15) is 87.5 Å². The zero-order valence-electron chi connectivity index (χ0n) is 19.4. The predicted molar refractivity (Wildman–Crippen MR) is 125 cm³/mol. The van der Waals surface area contributed by atoms with E-state index in [2.05, 4.69) is 97.7 Å². The topological polar surface area (TPSA) is 12.0 Å². The Bertz CT molecular complexity index is 543. The van der Waals surface area contributed by atoms with Crippen molar-refractivity contribution < 1.29 is 0 Å². The summed E-state index contributed by atoms with van der Waals surface area (Å²) in [5.41, 5.74) is 5.21. The summed E-state index contributed by atoms with van der Waals surface area (Å²) >= 11 is 0. The third-order valence-corrected chi connectivity index (χ3v) is 5.11. The van der Waals surface area contributed by atoms with E-state index in [0.717, 1.165) is 19.3 Å². The van der Waals surface area contributed by atoms with E-state index in [1.54, 1.807) is 0 Å². The molecular weight excluding hydrogens is 326 g/mol. The first kappa shape index (κ1) is 25.5. The molecule has 0 aliphatic rings. The van der Waals surface area contributed by atoms with Crippen LogP contribution in [0.25, 0.3) is 0 Å². The normalized spacial score (nSPS) is 16.1. The largest absolute Gasteiger partial charge is 0.379 e. The standard InChI is InChI=1S/C26H45N/c1-10-13-15-23(8)25(12-3)26(19-17-22(7)20(4)5)27-24(9)18-16-21(6)14-11-2/h14,16-20,22,24,27H,8,10-13,15H2,1-7,9H3/b18-16-,19-17-,21-14-,26-25-. The maximum atomic E-state index is 4.39. The molecule has 1 N–H and O–H groups in total. The van der Waals surface area contributed by atoms with Crippen molar-refractivity contribution in [2.24, 2.45) is 11.8 Å². The Morgan fingerprint density at radius 2 is 1.67 bits per heavy atom. The molecule has 0 aliphatic heterocycles. The summed E-state index contributed by atoms with van der Waals surface area (Å²) in [5.74, 6) is 1.21. The van der Waals surface area contributed by atoms with Crippen LogP contribution in [0.4, 0.5) is 0 Å². The molecule has 154 valence electrons. The molecular formula is C26H45N. The van der Waals surface area contributed by atoms with Gasteiger partial charge in [-0.15, -0.1) is 0 Å². The molecule has 0 spiro atoms. The molecule has 0 rings (SSSR count). The lowest BCUT2D eigenvalue weighted by molar-refractivity contribution is 0.503. The quantitative estimate of drug-likeness (QED) is 0.322. The van der Waals surface area contributed by atoms with Crippen molar-refractivity contribution in [1.82, 2.24) is 5.32 Å². The fraction of sp³-hybridized carbons (Fsp3) is 0.615. The molecule has 0 aliphatic carbocycles. The molecule has 0 aromatic rings. The first-order valence-electron chi connectivity index (χ1n) is 11.0. The molecule has 2 unspecified atom stereocenters. The summed E-state index contributed by atoms with van der Waals surface area (Å²) in [7, 11) is 0. The van der Waals surface area contributed by atoms with Gasteiger partial charge in [-0.3, -0.25) is 0 Å². The third-order valence-electron chi connectivity index (χ3n) is 5.11. The summed E-state index contributed by atoms with van der Waals surface area (Å²) in [4.78, 5) is 0. The molecule has 0 bridgehead atoms. The molecule has 0 saturated carbocycles. The number of hydrogen-bond donors (Lipinski definition) is 1. The van der Waals surface area contributed by atoms with Crippen molar-refractivity contribution in [3.05, 3.63) is 59.4 Å².